The second-order valence-electron chi connectivity index (χ2n) is 8.91. The van der Waals surface area contributed by atoms with Crippen LogP contribution in [0.25, 0.3) is 22.4 Å². The highest BCUT2D eigenvalue weighted by Crippen LogP contribution is 2.35. The number of benzene rings is 2. The number of hydrogen-bond donors (Lipinski definition) is 0. The Morgan fingerprint density at radius 1 is 0.973 bits per heavy atom. The van der Waals surface area contributed by atoms with Crippen molar-refractivity contribution in [3.63, 3.8) is 0 Å². The summed E-state index contributed by atoms with van der Waals surface area (Å²) in [7, 11) is 3.42. The van der Waals surface area contributed by atoms with Crippen molar-refractivity contribution < 1.29 is 9.47 Å². The highest BCUT2D eigenvalue weighted by molar-refractivity contribution is 5.66. The maximum Gasteiger partial charge on any atom is 0.255 e. The standard InChI is InChI=1S/C27H26N4O3.C3H8/c1-30-26(32)17-23(20-10-12-28-13-11-20)29-27(30)31-14-15-34-25(18-31)22-16-21(8-9-24(22)33-2)19-6-4-3-5-7-19;1-3-2/h3-13,16-17,25H,14-15,18H2,1-2H3;3H2,1-2H3. The van der Waals surface area contributed by atoms with Gasteiger partial charge in [0, 0.05) is 43.2 Å². The Kier molecular flexibility index (Phi) is 8.69. The van der Waals surface area contributed by atoms with Crippen molar-refractivity contribution in [1.29, 1.82) is 0 Å². The Morgan fingerprint density at radius 3 is 2.41 bits per heavy atom. The van der Waals surface area contributed by atoms with Crippen LogP contribution in [-0.2, 0) is 11.8 Å². The molecule has 4 aromatic rings. The fourth-order valence-corrected chi connectivity index (χ4v) is 4.30. The van der Waals surface area contributed by atoms with Gasteiger partial charge in [0.05, 0.1) is 26.0 Å². The molecular formula is C30H34N4O3. The first-order valence-corrected chi connectivity index (χ1v) is 12.6. The van der Waals surface area contributed by atoms with E-state index in [1.54, 1.807) is 37.2 Å². The highest BCUT2D eigenvalue weighted by Gasteiger charge is 2.27. The number of hydrogen-bond acceptors (Lipinski definition) is 6. The summed E-state index contributed by atoms with van der Waals surface area (Å²) in [4.78, 5) is 23.8. The fourth-order valence-electron chi connectivity index (χ4n) is 4.30. The smallest absolute Gasteiger partial charge is 0.255 e. The van der Waals surface area contributed by atoms with E-state index >= 15 is 0 Å². The van der Waals surface area contributed by atoms with Gasteiger partial charge in [-0.3, -0.25) is 14.3 Å². The summed E-state index contributed by atoms with van der Waals surface area (Å²) in [5, 5.41) is 0. The molecule has 0 saturated carbocycles. The van der Waals surface area contributed by atoms with E-state index in [4.69, 9.17) is 14.5 Å². The second-order valence-corrected chi connectivity index (χ2v) is 8.91. The van der Waals surface area contributed by atoms with Crippen LogP contribution in [0.4, 0.5) is 5.95 Å². The number of pyridine rings is 1. The predicted molar refractivity (Wildman–Crippen MR) is 148 cm³/mol. The number of methoxy groups -OCH3 is 1. The molecule has 2 aromatic heterocycles. The largest absolute Gasteiger partial charge is 0.496 e. The number of aromatic nitrogens is 3. The van der Waals surface area contributed by atoms with Gasteiger partial charge in [0.1, 0.15) is 11.9 Å². The van der Waals surface area contributed by atoms with Gasteiger partial charge in [-0.1, -0.05) is 56.7 Å². The van der Waals surface area contributed by atoms with Gasteiger partial charge in [-0.25, -0.2) is 4.98 Å². The minimum atomic E-state index is -0.228. The predicted octanol–water partition coefficient (Wildman–Crippen LogP) is 5.51. The molecule has 0 bridgehead atoms. The van der Waals surface area contributed by atoms with Crippen molar-refractivity contribution in [2.75, 3.05) is 31.7 Å². The molecule has 0 N–H and O–H groups in total. The van der Waals surface area contributed by atoms with Gasteiger partial charge in [-0.05, 0) is 35.4 Å². The van der Waals surface area contributed by atoms with Crippen molar-refractivity contribution in [3.05, 3.63) is 95.0 Å². The lowest BCUT2D eigenvalue weighted by molar-refractivity contribution is 0.0375. The minimum Gasteiger partial charge on any atom is -0.496 e. The molecule has 37 heavy (non-hydrogen) atoms. The molecule has 1 saturated heterocycles. The van der Waals surface area contributed by atoms with Crippen LogP contribution in [0.3, 0.4) is 0 Å². The van der Waals surface area contributed by atoms with Crippen molar-refractivity contribution >= 4 is 5.95 Å². The molecule has 7 nitrogen and oxygen atoms in total. The Labute approximate surface area is 218 Å². The monoisotopic (exact) mass is 498 g/mol. The third kappa shape index (κ3) is 6.06. The number of morpholine rings is 1. The first-order chi connectivity index (χ1) is 18.0. The van der Waals surface area contributed by atoms with Crippen molar-refractivity contribution in [1.82, 2.24) is 14.5 Å². The van der Waals surface area contributed by atoms with Crippen LogP contribution in [0.2, 0.25) is 0 Å². The molecule has 0 spiro atoms. The first-order valence-electron chi connectivity index (χ1n) is 12.6. The molecule has 3 heterocycles. The topological polar surface area (TPSA) is 69.5 Å². The van der Waals surface area contributed by atoms with E-state index in [1.165, 1.54) is 6.42 Å². The average Bonchev–Trinajstić information content (AvgIpc) is 2.95. The van der Waals surface area contributed by atoms with Gasteiger partial charge in [-0.2, -0.15) is 0 Å². The molecule has 5 rings (SSSR count). The Morgan fingerprint density at radius 2 is 1.70 bits per heavy atom. The Balaban J connectivity index is 0.00000102. The van der Waals surface area contributed by atoms with E-state index in [2.05, 4.69) is 48.0 Å². The van der Waals surface area contributed by atoms with Crippen LogP contribution < -0.4 is 15.2 Å². The molecule has 1 aliphatic heterocycles. The summed E-state index contributed by atoms with van der Waals surface area (Å²) < 4.78 is 13.5. The normalized spacial score (nSPS) is 15.0. The molecular weight excluding hydrogens is 464 g/mol. The van der Waals surface area contributed by atoms with Crippen molar-refractivity contribution in [2.24, 2.45) is 7.05 Å². The van der Waals surface area contributed by atoms with E-state index in [0.29, 0.717) is 31.3 Å². The molecule has 192 valence electrons. The van der Waals surface area contributed by atoms with Crippen molar-refractivity contribution in [3.8, 4) is 28.1 Å². The van der Waals surface area contributed by atoms with Gasteiger partial charge in [0.15, 0.2) is 0 Å². The van der Waals surface area contributed by atoms with E-state index < -0.39 is 0 Å². The third-order valence-electron chi connectivity index (χ3n) is 6.12. The maximum absolute atomic E-state index is 12.8. The second kappa shape index (κ2) is 12.3. The lowest BCUT2D eigenvalue weighted by Gasteiger charge is -2.35. The Bertz CT molecular complexity index is 1360. The van der Waals surface area contributed by atoms with Crippen LogP contribution in [0, 0.1) is 0 Å². The summed E-state index contributed by atoms with van der Waals surface area (Å²) in [6.45, 7) is 5.95. The summed E-state index contributed by atoms with van der Waals surface area (Å²) >= 11 is 0. The number of anilines is 1. The summed E-state index contributed by atoms with van der Waals surface area (Å²) in [6, 6.07) is 21.7. The van der Waals surface area contributed by atoms with Gasteiger partial charge in [0.2, 0.25) is 5.95 Å². The molecule has 1 fully saturated rings. The molecule has 1 aliphatic rings. The van der Waals surface area contributed by atoms with Crippen LogP contribution in [0.15, 0.2) is 83.9 Å². The summed E-state index contributed by atoms with van der Waals surface area (Å²) in [5.74, 6) is 1.39. The quantitative estimate of drug-likeness (QED) is 0.361. The zero-order valence-electron chi connectivity index (χ0n) is 21.9. The maximum atomic E-state index is 12.8. The SMILES string of the molecule is CCC.COc1ccc(-c2ccccc2)cc1C1CN(c2nc(-c3ccncc3)cc(=O)n2C)CCO1. The zero-order valence-corrected chi connectivity index (χ0v) is 21.9. The van der Waals surface area contributed by atoms with Crippen LogP contribution in [-0.4, -0.2) is 41.3 Å². The molecule has 0 radical (unpaired) electrons. The summed E-state index contributed by atoms with van der Waals surface area (Å²) in [5.41, 5.74) is 4.59. The fraction of sp³-hybridized carbons (Fsp3) is 0.300. The number of ether oxygens (including phenoxy) is 2. The van der Waals surface area contributed by atoms with E-state index in [0.717, 1.165) is 28.0 Å². The van der Waals surface area contributed by atoms with Gasteiger partial charge in [-0.15, -0.1) is 0 Å². The first kappa shape index (κ1) is 26.1. The van der Waals surface area contributed by atoms with E-state index in [1.807, 2.05) is 36.4 Å². The average molecular weight is 499 g/mol. The zero-order chi connectivity index (χ0) is 26.2. The lowest BCUT2D eigenvalue weighted by Crippen LogP contribution is -2.41. The van der Waals surface area contributed by atoms with Crippen LogP contribution in [0.1, 0.15) is 31.9 Å². The Hall–Kier alpha value is -3.97. The summed E-state index contributed by atoms with van der Waals surface area (Å²) in [6.07, 6.45) is 4.42. The molecule has 7 heteroatoms. The van der Waals surface area contributed by atoms with E-state index in [9.17, 15) is 4.79 Å². The van der Waals surface area contributed by atoms with Crippen LogP contribution >= 0.6 is 0 Å². The van der Waals surface area contributed by atoms with Crippen molar-refractivity contribution in [2.45, 2.75) is 26.4 Å². The van der Waals surface area contributed by atoms with Crippen LogP contribution in [0.5, 0.6) is 5.75 Å². The number of rotatable bonds is 5. The van der Waals surface area contributed by atoms with Gasteiger partial charge < -0.3 is 14.4 Å². The molecule has 0 aliphatic carbocycles. The van der Waals surface area contributed by atoms with E-state index in [-0.39, 0.29) is 11.7 Å². The molecule has 1 atom stereocenters. The molecule has 1 unspecified atom stereocenters. The van der Waals surface area contributed by atoms with Gasteiger partial charge in [0.25, 0.3) is 5.56 Å². The highest BCUT2D eigenvalue weighted by atomic mass is 16.5. The molecule has 2 aromatic carbocycles. The minimum absolute atomic E-state index is 0.108. The van der Waals surface area contributed by atoms with Gasteiger partial charge >= 0.3 is 0 Å². The lowest BCUT2D eigenvalue weighted by atomic mass is 9.99. The third-order valence-corrected chi connectivity index (χ3v) is 6.12. The molecule has 0 amide bonds. The number of nitrogens with zero attached hydrogens (tertiary/aromatic N) is 4.